The summed E-state index contributed by atoms with van der Waals surface area (Å²) in [6.07, 6.45) is 3.22. The maximum absolute atomic E-state index is 11.5. The average Bonchev–Trinajstić information content (AvgIpc) is 2.26. The Labute approximate surface area is 87.0 Å². The maximum Gasteiger partial charge on any atom is 0.291 e. The molecule has 0 fully saturated rings. The zero-order chi connectivity index (χ0) is 10.7. The number of nitrogens with one attached hydrogen (secondary N) is 1. The lowest BCUT2D eigenvalue weighted by Gasteiger charge is -2.01. The first kappa shape index (κ1) is 9.52. The highest BCUT2D eigenvalue weighted by molar-refractivity contribution is 5.79. The number of fused-ring (bicyclic) bond motifs is 1. The number of benzene rings is 1. The number of ether oxygens (including phenoxy) is 1. The number of pyridine rings is 1. The van der Waals surface area contributed by atoms with Gasteiger partial charge in [-0.1, -0.05) is 24.3 Å². The van der Waals surface area contributed by atoms with Crippen LogP contribution in [0.5, 0.6) is 5.75 Å². The molecule has 3 nitrogen and oxygen atoms in total. The minimum absolute atomic E-state index is 0.216. The summed E-state index contributed by atoms with van der Waals surface area (Å²) in [5, 5.41) is 0.955. The monoisotopic (exact) mass is 201 g/mol. The van der Waals surface area contributed by atoms with Crippen LogP contribution in [0.4, 0.5) is 0 Å². The maximum atomic E-state index is 11.5. The van der Waals surface area contributed by atoms with Gasteiger partial charge < -0.3 is 9.72 Å². The third kappa shape index (κ3) is 1.91. The van der Waals surface area contributed by atoms with Gasteiger partial charge in [0.15, 0.2) is 5.75 Å². The van der Waals surface area contributed by atoms with E-state index < -0.39 is 0 Å². The Morgan fingerprint density at radius 3 is 2.93 bits per heavy atom. The molecule has 0 saturated carbocycles. The minimum atomic E-state index is -0.216. The van der Waals surface area contributed by atoms with Gasteiger partial charge in [-0.15, -0.1) is 0 Å². The molecule has 1 N–H and O–H groups in total. The standard InChI is InChI=1S/C12H11NO2/c1-2-7-15-11-8-9-5-3-4-6-10(9)13-12(11)14/h2-8H,1H3,(H,13,14). The van der Waals surface area contributed by atoms with Crippen LogP contribution in [-0.4, -0.2) is 4.98 Å². The van der Waals surface area contributed by atoms with Crippen LogP contribution in [0.25, 0.3) is 10.9 Å². The molecule has 2 rings (SSSR count). The van der Waals surface area contributed by atoms with Crippen molar-refractivity contribution >= 4 is 10.9 Å². The molecular weight excluding hydrogens is 190 g/mol. The van der Waals surface area contributed by atoms with Gasteiger partial charge in [-0.2, -0.15) is 0 Å². The van der Waals surface area contributed by atoms with Crippen LogP contribution in [0.15, 0.2) is 47.5 Å². The highest BCUT2D eigenvalue weighted by Crippen LogP contribution is 2.14. The van der Waals surface area contributed by atoms with Crippen LogP contribution in [0.3, 0.4) is 0 Å². The molecule has 15 heavy (non-hydrogen) atoms. The van der Waals surface area contributed by atoms with E-state index in [0.717, 1.165) is 10.9 Å². The van der Waals surface area contributed by atoms with E-state index in [0.29, 0.717) is 5.75 Å². The van der Waals surface area contributed by atoms with Gasteiger partial charge in [-0.25, -0.2) is 0 Å². The Morgan fingerprint density at radius 1 is 1.33 bits per heavy atom. The largest absolute Gasteiger partial charge is 0.460 e. The predicted molar refractivity (Wildman–Crippen MR) is 60.0 cm³/mol. The fourth-order valence-electron chi connectivity index (χ4n) is 1.36. The number of hydrogen-bond donors (Lipinski definition) is 1. The summed E-state index contributed by atoms with van der Waals surface area (Å²) < 4.78 is 5.17. The van der Waals surface area contributed by atoms with E-state index in [1.807, 2.05) is 31.2 Å². The van der Waals surface area contributed by atoms with Gasteiger partial charge in [0.2, 0.25) is 0 Å². The molecule has 0 unspecified atom stereocenters. The fraction of sp³-hybridized carbons (Fsp3) is 0.0833. The molecule has 0 spiro atoms. The molecule has 0 aliphatic heterocycles. The summed E-state index contributed by atoms with van der Waals surface area (Å²) in [4.78, 5) is 14.3. The van der Waals surface area contributed by atoms with Crippen LogP contribution < -0.4 is 10.3 Å². The van der Waals surface area contributed by atoms with Gasteiger partial charge in [-0.05, 0) is 19.1 Å². The van der Waals surface area contributed by atoms with Crippen molar-refractivity contribution < 1.29 is 4.74 Å². The highest BCUT2D eigenvalue weighted by Gasteiger charge is 2.01. The molecule has 2 aromatic rings. The van der Waals surface area contributed by atoms with Crippen molar-refractivity contribution in [1.29, 1.82) is 0 Å². The lowest BCUT2D eigenvalue weighted by Crippen LogP contribution is -2.08. The van der Waals surface area contributed by atoms with E-state index in [1.54, 1.807) is 12.1 Å². The second kappa shape index (κ2) is 4.00. The Balaban J connectivity index is 2.57. The van der Waals surface area contributed by atoms with Crippen LogP contribution >= 0.6 is 0 Å². The molecule has 76 valence electrons. The number of rotatable bonds is 2. The molecule has 0 amide bonds. The Bertz CT molecular complexity index is 555. The molecular formula is C12H11NO2. The van der Waals surface area contributed by atoms with Crippen molar-refractivity contribution in [2.45, 2.75) is 6.92 Å². The van der Waals surface area contributed by atoms with Crippen molar-refractivity contribution in [1.82, 2.24) is 4.98 Å². The first-order valence-electron chi connectivity index (χ1n) is 4.71. The average molecular weight is 201 g/mol. The van der Waals surface area contributed by atoms with Gasteiger partial charge in [-0.3, -0.25) is 4.79 Å². The lowest BCUT2D eigenvalue weighted by molar-refractivity contribution is 0.474. The van der Waals surface area contributed by atoms with Gasteiger partial charge >= 0.3 is 0 Å². The van der Waals surface area contributed by atoms with Crippen molar-refractivity contribution in [3.63, 3.8) is 0 Å². The van der Waals surface area contributed by atoms with E-state index in [2.05, 4.69) is 4.98 Å². The molecule has 1 aromatic heterocycles. The second-order valence-corrected chi connectivity index (χ2v) is 3.14. The van der Waals surface area contributed by atoms with Crippen LogP contribution in [0, 0.1) is 0 Å². The summed E-state index contributed by atoms with van der Waals surface area (Å²) in [5.41, 5.74) is 0.599. The molecule has 0 radical (unpaired) electrons. The van der Waals surface area contributed by atoms with Gasteiger partial charge in [0.1, 0.15) is 0 Å². The minimum Gasteiger partial charge on any atom is -0.460 e. The summed E-state index contributed by atoms with van der Waals surface area (Å²) >= 11 is 0. The third-order valence-corrected chi connectivity index (χ3v) is 2.05. The van der Waals surface area contributed by atoms with E-state index in [9.17, 15) is 4.79 Å². The first-order chi connectivity index (χ1) is 7.31. The van der Waals surface area contributed by atoms with E-state index >= 15 is 0 Å². The zero-order valence-electron chi connectivity index (χ0n) is 8.36. The normalized spacial score (nSPS) is 11.0. The summed E-state index contributed by atoms with van der Waals surface area (Å²) in [7, 11) is 0. The van der Waals surface area contributed by atoms with Crippen molar-refractivity contribution in [3.05, 3.63) is 53.0 Å². The highest BCUT2D eigenvalue weighted by atomic mass is 16.5. The van der Waals surface area contributed by atoms with Crippen LogP contribution in [0.2, 0.25) is 0 Å². The summed E-state index contributed by atoms with van der Waals surface area (Å²) in [6, 6.07) is 9.31. The molecule has 1 aromatic carbocycles. The van der Waals surface area contributed by atoms with Crippen LogP contribution in [0.1, 0.15) is 6.92 Å². The van der Waals surface area contributed by atoms with Gasteiger partial charge in [0.25, 0.3) is 5.56 Å². The molecule has 0 aliphatic rings. The number of para-hydroxylation sites is 1. The Morgan fingerprint density at radius 2 is 2.13 bits per heavy atom. The first-order valence-corrected chi connectivity index (χ1v) is 4.71. The van der Waals surface area contributed by atoms with Crippen LogP contribution in [-0.2, 0) is 0 Å². The molecule has 3 heteroatoms. The van der Waals surface area contributed by atoms with E-state index in [1.165, 1.54) is 6.26 Å². The molecule has 0 saturated heterocycles. The number of aromatic amines is 1. The van der Waals surface area contributed by atoms with Gasteiger partial charge in [0, 0.05) is 10.9 Å². The number of allylic oxidation sites excluding steroid dienone is 1. The zero-order valence-corrected chi connectivity index (χ0v) is 8.36. The second-order valence-electron chi connectivity index (χ2n) is 3.14. The number of hydrogen-bond acceptors (Lipinski definition) is 2. The van der Waals surface area contributed by atoms with E-state index in [4.69, 9.17) is 4.74 Å². The SMILES string of the molecule is CC=COc1cc2ccccc2[nH]c1=O. The van der Waals surface area contributed by atoms with Crippen molar-refractivity contribution in [2.75, 3.05) is 0 Å². The molecule has 0 bridgehead atoms. The Hall–Kier alpha value is -2.03. The number of aromatic nitrogens is 1. The smallest absolute Gasteiger partial charge is 0.291 e. The topological polar surface area (TPSA) is 42.1 Å². The van der Waals surface area contributed by atoms with E-state index in [-0.39, 0.29) is 5.56 Å². The van der Waals surface area contributed by atoms with Crippen molar-refractivity contribution in [3.8, 4) is 5.75 Å². The fourth-order valence-corrected chi connectivity index (χ4v) is 1.36. The van der Waals surface area contributed by atoms with Crippen molar-refractivity contribution in [2.24, 2.45) is 0 Å². The quantitative estimate of drug-likeness (QED) is 0.758. The molecule has 1 heterocycles. The Kier molecular flexibility index (Phi) is 2.54. The number of H-pyrrole nitrogens is 1. The predicted octanol–water partition coefficient (Wildman–Crippen LogP) is 2.44. The summed E-state index contributed by atoms with van der Waals surface area (Å²) in [5.74, 6) is 0.312. The molecule has 0 aliphatic carbocycles. The lowest BCUT2D eigenvalue weighted by atomic mass is 10.2. The third-order valence-electron chi connectivity index (χ3n) is 2.05. The summed E-state index contributed by atoms with van der Waals surface area (Å²) in [6.45, 7) is 1.83. The van der Waals surface area contributed by atoms with Gasteiger partial charge in [0.05, 0.1) is 6.26 Å². The molecule has 0 atom stereocenters.